The van der Waals surface area contributed by atoms with Crippen LogP contribution in [0.5, 0.6) is 11.5 Å². The zero-order chi connectivity index (χ0) is 34.3. The van der Waals surface area contributed by atoms with Crippen LogP contribution in [0.25, 0.3) is 21.5 Å². The lowest BCUT2D eigenvalue weighted by molar-refractivity contribution is 0.474. The van der Waals surface area contributed by atoms with E-state index >= 15 is 0 Å². The van der Waals surface area contributed by atoms with Gasteiger partial charge in [0.15, 0.2) is 21.3 Å². The molecular formula is C29H25N5O10S3. The molecular weight excluding hydrogens is 675 g/mol. The molecule has 0 aliphatic carbocycles. The zero-order valence-corrected chi connectivity index (χ0v) is 26.8. The van der Waals surface area contributed by atoms with Crippen LogP contribution in [0.1, 0.15) is 6.92 Å². The van der Waals surface area contributed by atoms with E-state index in [4.69, 9.17) is 0 Å². The van der Waals surface area contributed by atoms with Crippen LogP contribution >= 0.6 is 0 Å². The van der Waals surface area contributed by atoms with Crippen molar-refractivity contribution in [3.63, 3.8) is 0 Å². The van der Waals surface area contributed by atoms with Crippen LogP contribution in [0.3, 0.4) is 0 Å². The summed E-state index contributed by atoms with van der Waals surface area (Å²) in [5, 5.41) is 41.6. The van der Waals surface area contributed by atoms with Crippen molar-refractivity contribution < 1.29 is 44.6 Å². The minimum Gasteiger partial charge on any atom is -0.505 e. The highest BCUT2D eigenvalue weighted by Crippen LogP contribution is 2.44. The van der Waals surface area contributed by atoms with Gasteiger partial charge < -0.3 is 15.5 Å². The van der Waals surface area contributed by atoms with Crippen molar-refractivity contribution in [3.05, 3.63) is 72.8 Å². The Morgan fingerprint density at radius 1 is 0.660 bits per heavy atom. The zero-order valence-electron chi connectivity index (χ0n) is 24.4. The summed E-state index contributed by atoms with van der Waals surface area (Å²) in [6.45, 7) is 1.38. The third-order valence-electron chi connectivity index (χ3n) is 7.10. The van der Waals surface area contributed by atoms with Crippen LogP contribution in [-0.4, -0.2) is 57.4 Å². The maximum absolute atomic E-state index is 12.3. The Labute approximate surface area is 268 Å². The number of hydrogen-bond acceptors (Lipinski definition) is 13. The lowest BCUT2D eigenvalue weighted by Crippen LogP contribution is -2.06. The molecule has 0 fully saturated rings. The van der Waals surface area contributed by atoms with E-state index in [0.717, 1.165) is 24.3 Å². The molecule has 0 amide bonds. The second kappa shape index (κ2) is 12.3. The second-order valence-corrected chi connectivity index (χ2v) is 15.0. The summed E-state index contributed by atoms with van der Waals surface area (Å²) in [6, 6.07) is 15.9. The molecule has 0 aliphatic heterocycles. The minimum atomic E-state index is -4.91. The fourth-order valence-corrected chi connectivity index (χ4v) is 7.07. The Morgan fingerprint density at radius 3 is 1.89 bits per heavy atom. The number of fused-ring (bicyclic) bond motifs is 2. The van der Waals surface area contributed by atoms with Gasteiger partial charge in [-0.2, -0.15) is 16.8 Å². The third kappa shape index (κ3) is 6.49. The number of aromatic hydroxyl groups is 2. The van der Waals surface area contributed by atoms with E-state index in [2.05, 4.69) is 25.8 Å². The first-order chi connectivity index (χ1) is 22.1. The van der Waals surface area contributed by atoms with Crippen molar-refractivity contribution in [1.82, 2.24) is 0 Å². The largest absolute Gasteiger partial charge is 0.505 e. The van der Waals surface area contributed by atoms with Gasteiger partial charge in [-0.15, -0.1) is 20.5 Å². The Balaban J connectivity index is 1.59. The van der Waals surface area contributed by atoms with Gasteiger partial charge in [-0.25, -0.2) is 8.42 Å². The number of nitrogens with zero attached hydrogens (tertiary/aromatic N) is 4. The molecule has 18 heteroatoms. The average molecular weight is 700 g/mol. The van der Waals surface area contributed by atoms with Gasteiger partial charge in [-0.05, 0) is 60.0 Å². The first-order valence-electron chi connectivity index (χ1n) is 13.4. The molecule has 0 radical (unpaired) electrons. The highest BCUT2D eigenvalue weighted by Gasteiger charge is 2.22. The van der Waals surface area contributed by atoms with Gasteiger partial charge in [0.2, 0.25) is 0 Å². The molecule has 0 bridgehead atoms. The quantitative estimate of drug-likeness (QED) is 0.0814. The fraction of sp³-hybridized carbons (Fsp3) is 0.103. The van der Waals surface area contributed by atoms with Crippen LogP contribution in [0.4, 0.5) is 28.4 Å². The molecule has 0 aromatic heterocycles. The molecule has 5 aromatic rings. The second-order valence-electron chi connectivity index (χ2n) is 9.91. The predicted molar refractivity (Wildman–Crippen MR) is 173 cm³/mol. The van der Waals surface area contributed by atoms with E-state index in [1.165, 1.54) is 49.4 Å². The topological polar surface area (TPSA) is 245 Å². The standard InChI is InChI=1S/C29H25N5O10S3/c1-3-45(37,38)17-8-12-20(25(15-17)47(42,43)44)31-34-27-18-9-14-22(28(35)19(18)10-13-21(27)30-2)32-33-23-11-7-16-5-4-6-24(46(39,40)41)26(16)29(23)36/h4-15,30,35-36H,3H2,1-2H3,(H,39,40,41)(H,42,43,44). The number of sulfone groups is 1. The van der Waals surface area contributed by atoms with Crippen molar-refractivity contribution in [3.8, 4) is 11.5 Å². The monoisotopic (exact) mass is 699 g/mol. The summed E-state index contributed by atoms with van der Waals surface area (Å²) in [5.41, 5.74) is -0.00441. The summed E-state index contributed by atoms with van der Waals surface area (Å²) in [5.74, 6) is -1.23. The predicted octanol–water partition coefficient (Wildman–Crippen LogP) is 6.56. The lowest BCUT2D eigenvalue weighted by Gasteiger charge is -2.11. The van der Waals surface area contributed by atoms with Crippen molar-refractivity contribution in [2.75, 3.05) is 18.1 Å². The highest BCUT2D eigenvalue weighted by atomic mass is 32.2. The molecule has 5 N–H and O–H groups in total. The molecule has 0 saturated heterocycles. The first-order valence-corrected chi connectivity index (χ1v) is 18.0. The molecule has 15 nitrogen and oxygen atoms in total. The highest BCUT2D eigenvalue weighted by molar-refractivity contribution is 7.91. The van der Waals surface area contributed by atoms with Gasteiger partial charge in [-0.3, -0.25) is 9.11 Å². The van der Waals surface area contributed by atoms with E-state index in [9.17, 15) is 44.6 Å². The van der Waals surface area contributed by atoms with Gasteiger partial charge in [0.25, 0.3) is 20.2 Å². The van der Waals surface area contributed by atoms with Crippen molar-refractivity contribution in [2.24, 2.45) is 20.5 Å². The Morgan fingerprint density at radius 2 is 1.26 bits per heavy atom. The molecule has 5 rings (SSSR count). The maximum atomic E-state index is 12.3. The van der Waals surface area contributed by atoms with E-state index in [-0.39, 0.29) is 49.9 Å². The number of phenolic OH excluding ortho intramolecular Hbond substituents is 2. The van der Waals surface area contributed by atoms with Crippen LogP contribution < -0.4 is 5.32 Å². The molecule has 0 spiro atoms. The molecule has 5 aromatic carbocycles. The smallest absolute Gasteiger partial charge is 0.296 e. The molecule has 0 atom stereocenters. The SMILES string of the molecule is CCS(=O)(=O)c1ccc(N=Nc2c(NC)ccc3c(O)c(N=Nc4ccc5cccc(S(=O)(=O)O)c5c4O)ccc23)c(S(=O)(=O)O)c1. The van der Waals surface area contributed by atoms with Crippen LogP contribution in [0.15, 0.2) is 108 Å². The number of hydrogen-bond donors (Lipinski definition) is 5. The minimum absolute atomic E-state index is 0.0541. The van der Waals surface area contributed by atoms with Gasteiger partial charge in [0.1, 0.15) is 32.5 Å². The summed E-state index contributed by atoms with van der Waals surface area (Å²) in [6.07, 6.45) is 0. The fourth-order valence-electron chi connectivity index (χ4n) is 4.72. The van der Waals surface area contributed by atoms with Gasteiger partial charge in [-0.1, -0.05) is 25.1 Å². The summed E-state index contributed by atoms with van der Waals surface area (Å²) in [4.78, 5) is -1.62. The third-order valence-corrected chi connectivity index (χ3v) is 10.6. The number of rotatable bonds is 9. The first kappa shape index (κ1) is 33.4. The number of azo groups is 2. The van der Waals surface area contributed by atoms with Gasteiger partial charge in [0.05, 0.1) is 16.3 Å². The molecule has 0 saturated carbocycles. The van der Waals surface area contributed by atoms with Crippen LogP contribution in [-0.2, 0) is 30.1 Å². The van der Waals surface area contributed by atoms with E-state index < -0.39 is 45.6 Å². The van der Waals surface area contributed by atoms with E-state index in [1.54, 1.807) is 13.1 Å². The number of nitrogens with one attached hydrogen (secondary N) is 1. The van der Waals surface area contributed by atoms with Crippen molar-refractivity contribution in [1.29, 1.82) is 0 Å². The lowest BCUT2D eigenvalue weighted by atomic mass is 10.1. The van der Waals surface area contributed by atoms with Gasteiger partial charge in [0, 0.05) is 23.2 Å². The Bertz CT molecular complexity index is 2480. The van der Waals surface area contributed by atoms with Crippen LogP contribution in [0.2, 0.25) is 0 Å². The Kier molecular flexibility index (Phi) is 8.73. The summed E-state index contributed by atoms with van der Waals surface area (Å²) in [7, 11) is -11.8. The number of phenols is 2. The normalized spacial score (nSPS) is 12.9. The Hall–Kier alpha value is -5.01. The summed E-state index contributed by atoms with van der Waals surface area (Å²) < 4.78 is 91.9. The summed E-state index contributed by atoms with van der Waals surface area (Å²) >= 11 is 0. The molecule has 0 aliphatic rings. The van der Waals surface area contributed by atoms with Crippen molar-refractivity contribution >= 4 is 80.1 Å². The maximum Gasteiger partial charge on any atom is 0.296 e. The average Bonchev–Trinajstić information content (AvgIpc) is 3.02. The number of anilines is 1. The van der Waals surface area contributed by atoms with Crippen molar-refractivity contribution in [2.45, 2.75) is 21.6 Å². The van der Waals surface area contributed by atoms with E-state index in [1.807, 2.05) is 0 Å². The molecule has 244 valence electrons. The van der Waals surface area contributed by atoms with E-state index in [0.29, 0.717) is 16.5 Å². The molecule has 47 heavy (non-hydrogen) atoms. The molecule has 0 heterocycles. The van der Waals surface area contributed by atoms with Gasteiger partial charge >= 0.3 is 0 Å². The number of benzene rings is 5. The molecule has 0 unspecified atom stereocenters. The van der Waals surface area contributed by atoms with Crippen LogP contribution in [0, 0.1) is 0 Å².